The molecule has 0 fully saturated rings. The summed E-state index contributed by atoms with van der Waals surface area (Å²) in [5, 5.41) is 0. The van der Waals surface area contributed by atoms with Crippen molar-refractivity contribution in [3.05, 3.63) is 82.9 Å². The molecule has 0 radical (unpaired) electrons. The third kappa shape index (κ3) is 5.64. The van der Waals surface area contributed by atoms with E-state index < -0.39 is 10.0 Å². The number of benzene rings is 3. The van der Waals surface area contributed by atoms with Crippen LogP contribution in [-0.4, -0.2) is 40.5 Å². The van der Waals surface area contributed by atoms with Crippen molar-refractivity contribution in [2.75, 3.05) is 26.0 Å². The number of ether oxygens (including phenoxy) is 2. The molecule has 3 rings (SSSR count). The molecule has 3 aromatic rings. The maximum absolute atomic E-state index is 13.2. The molecule has 0 spiro atoms. The summed E-state index contributed by atoms with van der Waals surface area (Å²) in [5.74, 6) is 0.960. The minimum atomic E-state index is -3.86. The van der Waals surface area contributed by atoms with Crippen molar-refractivity contribution in [1.82, 2.24) is 4.90 Å². The summed E-state index contributed by atoms with van der Waals surface area (Å²) in [4.78, 5) is 14.8. The van der Waals surface area contributed by atoms with Gasteiger partial charge in [0.2, 0.25) is 0 Å². The van der Waals surface area contributed by atoms with Crippen LogP contribution in [0.4, 0.5) is 5.69 Å². The van der Waals surface area contributed by atoms with Crippen molar-refractivity contribution < 1.29 is 22.7 Å². The number of carbonyl (C=O) groups excluding carboxylic acids is 1. The fraction of sp³-hybridized carbons (Fsp3) is 0.240. The molecule has 8 heteroatoms. The third-order valence-corrected chi connectivity index (χ3v) is 6.65. The number of nitrogens with zero attached hydrogens (tertiary/aromatic N) is 1. The summed E-state index contributed by atoms with van der Waals surface area (Å²) in [6.45, 7) is 3.94. The molecule has 0 aliphatic heterocycles. The Bertz CT molecular complexity index is 1270. The van der Waals surface area contributed by atoms with Crippen LogP contribution in [-0.2, 0) is 16.6 Å². The van der Waals surface area contributed by atoms with Crippen LogP contribution in [0.25, 0.3) is 0 Å². The van der Waals surface area contributed by atoms with Crippen molar-refractivity contribution in [3.8, 4) is 11.5 Å². The number of hydrogen-bond acceptors (Lipinski definition) is 5. The number of aryl methyl sites for hydroxylation is 2. The van der Waals surface area contributed by atoms with Crippen molar-refractivity contribution in [2.45, 2.75) is 25.3 Å². The summed E-state index contributed by atoms with van der Waals surface area (Å²) in [6, 6.07) is 17.0. The number of anilines is 1. The number of amides is 1. The van der Waals surface area contributed by atoms with Crippen molar-refractivity contribution in [3.63, 3.8) is 0 Å². The van der Waals surface area contributed by atoms with Gasteiger partial charge in [-0.15, -0.1) is 0 Å². The zero-order valence-electron chi connectivity index (χ0n) is 19.4. The Morgan fingerprint density at radius 3 is 2.39 bits per heavy atom. The van der Waals surface area contributed by atoms with Crippen molar-refractivity contribution in [2.24, 2.45) is 0 Å². The van der Waals surface area contributed by atoms with Crippen molar-refractivity contribution in [1.29, 1.82) is 0 Å². The van der Waals surface area contributed by atoms with Gasteiger partial charge in [-0.1, -0.05) is 18.2 Å². The van der Waals surface area contributed by atoms with E-state index in [9.17, 15) is 13.2 Å². The highest BCUT2D eigenvalue weighted by atomic mass is 32.2. The smallest absolute Gasteiger partial charge is 0.261 e. The van der Waals surface area contributed by atoms with Crippen LogP contribution in [0.1, 0.15) is 27.0 Å². The van der Waals surface area contributed by atoms with Gasteiger partial charge in [0.05, 0.1) is 19.1 Å². The summed E-state index contributed by atoms with van der Waals surface area (Å²) in [7, 11) is 0.930. The summed E-state index contributed by atoms with van der Waals surface area (Å²) < 4.78 is 39.1. The Morgan fingerprint density at radius 2 is 1.73 bits per heavy atom. The molecule has 0 bridgehead atoms. The lowest BCUT2D eigenvalue weighted by molar-refractivity contribution is 0.0783. The van der Waals surface area contributed by atoms with Gasteiger partial charge >= 0.3 is 0 Å². The highest BCUT2D eigenvalue weighted by molar-refractivity contribution is 7.92. The maximum Gasteiger partial charge on any atom is 0.261 e. The number of hydrogen-bond donors (Lipinski definition) is 1. The SMILES string of the molecule is COc1ccc(CN(C)C(=O)c2cc(S(=O)(=O)Nc3cccc(C)c3)ccc2C)c(OC)c1. The molecule has 33 heavy (non-hydrogen) atoms. The Labute approximate surface area is 195 Å². The number of carbonyl (C=O) groups is 1. The molecule has 0 atom stereocenters. The second kappa shape index (κ2) is 9.95. The summed E-state index contributed by atoms with van der Waals surface area (Å²) in [5.41, 5.74) is 3.20. The van der Waals surface area contributed by atoms with E-state index in [-0.39, 0.29) is 17.3 Å². The van der Waals surface area contributed by atoms with E-state index >= 15 is 0 Å². The van der Waals surface area contributed by atoms with Gasteiger partial charge in [-0.25, -0.2) is 8.42 Å². The molecular formula is C25H28N2O5S. The summed E-state index contributed by atoms with van der Waals surface area (Å²) in [6.07, 6.45) is 0. The van der Waals surface area contributed by atoms with Gasteiger partial charge in [-0.2, -0.15) is 0 Å². The number of rotatable bonds is 8. The molecule has 0 heterocycles. The van der Waals surface area contributed by atoms with Crippen LogP contribution in [0.2, 0.25) is 0 Å². The van der Waals surface area contributed by atoms with E-state index in [1.54, 1.807) is 64.6 Å². The standard InChI is InChI=1S/C25H28N2O5S/c1-17-7-6-8-20(13-17)26-33(29,30)22-12-9-18(2)23(15-22)25(28)27(3)16-19-10-11-21(31-4)14-24(19)32-5/h6-15,26H,16H2,1-5H3. The van der Waals surface area contributed by atoms with Gasteiger partial charge in [0, 0.05) is 36.5 Å². The molecule has 1 amide bonds. The largest absolute Gasteiger partial charge is 0.497 e. The summed E-state index contributed by atoms with van der Waals surface area (Å²) >= 11 is 0. The van der Waals surface area contributed by atoms with Crippen LogP contribution < -0.4 is 14.2 Å². The van der Waals surface area contributed by atoms with Gasteiger partial charge in [0.25, 0.3) is 15.9 Å². The minimum Gasteiger partial charge on any atom is -0.497 e. The van der Waals surface area contributed by atoms with Crippen molar-refractivity contribution >= 4 is 21.6 Å². The minimum absolute atomic E-state index is 0.0217. The van der Waals surface area contributed by atoms with E-state index in [2.05, 4.69) is 4.72 Å². The van der Waals surface area contributed by atoms with Gasteiger partial charge in [0.1, 0.15) is 11.5 Å². The van der Waals surface area contributed by atoms with Gasteiger partial charge in [-0.05, 0) is 61.4 Å². The van der Waals surface area contributed by atoms with E-state index in [0.717, 1.165) is 11.1 Å². The quantitative estimate of drug-likeness (QED) is 0.530. The molecule has 1 N–H and O–H groups in total. The Kier molecular flexibility index (Phi) is 7.28. The predicted octanol–water partition coefficient (Wildman–Crippen LogP) is 4.39. The van der Waals surface area contributed by atoms with Crippen LogP contribution in [0.3, 0.4) is 0 Å². The van der Waals surface area contributed by atoms with E-state index in [1.165, 1.54) is 17.0 Å². The molecular weight excluding hydrogens is 440 g/mol. The molecule has 0 aliphatic carbocycles. The predicted molar refractivity (Wildman–Crippen MR) is 129 cm³/mol. The lowest BCUT2D eigenvalue weighted by Gasteiger charge is -2.21. The molecule has 174 valence electrons. The Hall–Kier alpha value is -3.52. The molecule has 3 aromatic carbocycles. The lowest BCUT2D eigenvalue weighted by atomic mass is 10.1. The second-order valence-electron chi connectivity index (χ2n) is 7.79. The fourth-order valence-electron chi connectivity index (χ4n) is 3.44. The van der Waals surface area contributed by atoms with Crippen LogP contribution >= 0.6 is 0 Å². The van der Waals surface area contributed by atoms with Crippen LogP contribution in [0.5, 0.6) is 11.5 Å². The van der Waals surface area contributed by atoms with Crippen LogP contribution in [0, 0.1) is 13.8 Å². The highest BCUT2D eigenvalue weighted by Crippen LogP contribution is 2.27. The Morgan fingerprint density at radius 1 is 0.970 bits per heavy atom. The molecule has 0 unspecified atom stereocenters. The first-order valence-electron chi connectivity index (χ1n) is 10.3. The molecule has 0 aromatic heterocycles. The maximum atomic E-state index is 13.2. The van der Waals surface area contributed by atoms with E-state index in [4.69, 9.17) is 9.47 Å². The first-order chi connectivity index (χ1) is 15.6. The number of sulfonamides is 1. The van der Waals surface area contributed by atoms with E-state index in [1.807, 2.05) is 19.1 Å². The number of nitrogens with one attached hydrogen (secondary N) is 1. The fourth-order valence-corrected chi connectivity index (χ4v) is 4.51. The molecule has 0 aliphatic rings. The average Bonchev–Trinajstić information content (AvgIpc) is 2.78. The van der Waals surface area contributed by atoms with Gasteiger partial charge in [0.15, 0.2) is 0 Å². The average molecular weight is 469 g/mol. The molecule has 0 saturated carbocycles. The van der Waals surface area contributed by atoms with Crippen LogP contribution in [0.15, 0.2) is 65.6 Å². The normalized spacial score (nSPS) is 11.1. The topological polar surface area (TPSA) is 84.9 Å². The highest BCUT2D eigenvalue weighted by Gasteiger charge is 2.21. The molecule has 7 nitrogen and oxygen atoms in total. The van der Waals surface area contributed by atoms with E-state index in [0.29, 0.717) is 28.3 Å². The van der Waals surface area contributed by atoms with Gasteiger partial charge < -0.3 is 14.4 Å². The zero-order valence-corrected chi connectivity index (χ0v) is 20.2. The first kappa shape index (κ1) is 24.1. The zero-order chi connectivity index (χ0) is 24.2. The number of methoxy groups -OCH3 is 2. The Balaban J connectivity index is 1.86. The molecule has 0 saturated heterocycles. The third-order valence-electron chi connectivity index (χ3n) is 5.27. The van der Waals surface area contributed by atoms with Gasteiger partial charge in [-0.3, -0.25) is 9.52 Å². The lowest BCUT2D eigenvalue weighted by Crippen LogP contribution is -2.27. The monoisotopic (exact) mass is 468 g/mol. The second-order valence-corrected chi connectivity index (χ2v) is 9.47. The first-order valence-corrected chi connectivity index (χ1v) is 11.8.